The number of hydrogen-bond acceptors (Lipinski definition) is 5. The number of carbonyl (C=O) groups is 1. The highest BCUT2D eigenvalue weighted by atomic mass is 32.1. The molecule has 0 spiro atoms. The second kappa shape index (κ2) is 6.90. The van der Waals surface area contributed by atoms with Crippen molar-refractivity contribution in [3.63, 3.8) is 0 Å². The van der Waals surface area contributed by atoms with Gasteiger partial charge >= 0.3 is 0 Å². The quantitative estimate of drug-likeness (QED) is 0.765. The molecule has 2 aliphatic rings. The fourth-order valence-corrected chi connectivity index (χ4v) is 4.55. The molecule has 2 aliphatic carbocycles. The number of nitrogens with one attached hydrogen (secondary N) is 2. The van der Waals surface area contributed by atoms with Gasteiger partial charge in [-0.15, -0.1) is 11.3 Å². The third kappa shape index (κ3) is 3.94. The van der Waals surface area contributed by atoms with Crippen molar-refractivity contribution in [3.8, 4) is 0 Å². The van der Waals surface area contributed by atoms with Crippen LogP contribution < -0.4 is 16.4 Å². The monoisotopic (exact) mass is 359 g/mol. The first-order valence-corrected chi connectivity index (χ1v) is 9.86. The normalized spacial score (nSPS) is 28.7. The van der Waals surface area contributed by atoms with Crippen molar-refractivity contribution >= 4 is 22.9 Å². The minimum Gasteiger partial charge on any atom is -0.328 e. The standard InChI is InChI=1S/C18H25N5OS/c1-23-9-14(8-20-23)22-18(24)17-6-11(10-25-17)15-7-16(15)21-13-4-2-12(19)3-5-13/h6,8-10,12-13,15-16,21H,2-5,7,19H2,1H3,(H,22,24). The number of aryl methyl sites for hydroxylation is 1. The topological polar surface area (TPSA) is 85.0 Å². The molecular formula is C18H25N5OS. The molecule has 25 heavy (non-hydrogen) atoms. The zero-order valence-electron chi connectivity index (χ0n) is 14.4. The van der Waals surface area contributed by atoms with Gasteiger partial charge in [0.1, 0.15) is 0 Å². The molecule has 0 bridgehead atoms. The second-order valence-corrected chi connectivity index (χ2v) is 8.24. The predicted molar refractivity (Wildman–Crippen MR) is 100.0 cm³/mol. The number of hydrogen-bond donors (Lipinski definition) is 3. The van der Waals surface area contributed by atoms with Crippen LogP contribution in [0.3, 0.4) is 0 Å². The van der Waals surface area contributed by atoms with Crippen molar-refractivity contribution in [1.29, 1.82) is 0 Å². The largest absolute Gasteiger partial charge is 0.328 e. The Bertz CT molecular complexity index is 746. The molecule has 134 valence electrons. The number of carbonyl (C=O) groups excluding carboxylic acids is 1. The summed E-state index contributed by atoms with van der Waals surface area (Å²) in [5.41, 5.74) is 7.99. The number of thiophene rings is 1. The molecule has 4 rings (SSSR count). The molecule has 0 aromatic carbocycles. The Morgan fingerprint density at radius 3 is 2.88 bits per heavy atom. The summed E-state index contributed by atoms with van der Waals surface area (Å²) in [5, 5.41) is 12.9. The molecule has 2 unspecified atom stereocenters. The van der Waals surface area contributed by atoms with Gasteiger partial charge in [0.25, 0.3) is 5.91 Å². The molecule has 2 fully saturated rings. The van der Waals surface area contributed by atoms with E-state index in [0.717, 1.165) is 23.4 Å². The summed E-state index contributed by atoms with van der Waals surface area (Å²) in [4.78, 5) is 13.1. The minimum absolute atomic E-state index is 0.0596. The van der Waals surface area contributed by atoms with Gasteiger partial charge < -0.3 is 16.4 Å². The Kier molecular flexibility index (Phi) is 4.62. The Balaban J connectivity index is 1.30. The highest BCUT2D eigenvalue weighted by molar-refractivity contribution is 7.12. The van der Waals surface area contributed by atoms with Gasteiger partial charge in [-0.1, -0.05) is 0 Å². The van der Waals surface area contributed by atoms with Crippen molar-refractivity contribution < 1.29 is 4.79 Å². The van der Waals surface area contributed by atoms with Crippen molar-refractivity contribution in [3.05, 3.63) is 34.3 Å². The minimum atomic E-state index is -0.0596. The van der Waals surface area contributed by atoms with Gasteiger partial charge in [0.05, 0.1) is 16.8 Å². The molecule has 0 aliphatic heterocycles. The van der Waals surface area contributed by atoms with Crippen LogP contribution in [-0.4, -0.2) is 33.8 Å². The summed E-state index contributed by atoms with van der Waals surface area (Å²) in [6, 6.07) is 3.61. The Hall–Kier alpha value is -1.70. The molecule has 7 heteroatoms. The summed E-state index contributed by atoms with van der Waals surface area (Å²) in [7, 11) is 1.83. The van der Waals surface area contributed by atoms with Crippen molar-refractivity contribution in [2.45, 2.75) is 56.1 Å². The Labute approximate surface area is 151 Å². The van der Waals surface area contributed by atoms with Crippen LogP contribution >= 0.6 is 11.3 Å². The van der Waals surface area contributed by atoms with E-state index in [1.54, 1.807) is 17.1 Å². The van der Waals surface area contributed by atoms with E-state index in [1.807, 2.05) is 13.1 Å². The number of anilines is 1. The lowest BCUT2D eigenvalue weighted by atomic mass is 9.92. The third-order valence-corrected chi connectivity index (χ3v) is 6.19. The van der Waals surface area contributed by atoms with Crippen molar-refractivity contribution in [1.82, 2.24) is 15.1 Å². The summed E-state index contributed by atoms with van der Waals surface area (Å²) < 4.78 is 1.67. The molecule has 2 atom stereocenters. The van der Waals surface area contributed by atoms with Gasteiger partial charge in [0.2, 0.25) is 0 Å². The highest BCUT2D eigenvalue weighted by Crippen LogP contribution is 2.43. The van der Waals surface area contributed by atoms with Crippen molar-refractivity contribution in [2.75, 3.05) is 5.32 Å². The van der Waals surface area contributed by atoms with E-state index in [4.69, 9.17) is 5.73 Å². The Morgan fingerprint density at radius 1 is 1.36 bits per heavy atom. The van der Waals surface area contributed by atoms with Crippen LogP contribution in [0.2, 0.25) is 0 Å². The van der Waals surface area contributed by atoms with Crippen LogP contribution in [0.25, 0.3) is 0 Å². The Morgan fingerprint density at radius 2 is 2.16 bits per heavy atom. The molecule has 2 saturated carbocycles. The average Bonchev–Trinajstić information content (AvgIpc) is 2.99. The summed E-state index contributed by atoms with van der Waals surface area (Å²) in [5.74, 6) is 0.488. The summed E-state index contributed by atoms with van der Waals surface area (Å²) in [6.07, 6.45) is 9.26. The van der Waals surface area contributed by atoms with E-state index < -0.39 is 0 Å². The maximum Gasteiger partial charge on any atom is 0.265 e. The first-order valence-electron chi connectivity index (χ1n) is 8.98. The van der Waals surface area contributed by atoms with E-state index in [-0.39, 0.29) is 5.91 Å². The number of aromatic nitrogens is 2. The maximum absolute atomic E-state index is 12.3. The zero-order valence-corrected chi connectivity index (χ0v) is 15.3. The predicted octanol–water partition coefficient (Wildman–Crippen LogP) is 2.45. The van der Waals surface area contributed by atoms with Crippen LogP contribution in [0.4, 0.5) is 5.69 Å². The van der Waals surface area contributed by atoms with Gasteiger partial charge in [-0.2, -0.15) is 5.10 Å². The third-order valence-electron chi connectivity index (χ3n) is 5.25. The second-order valence-electron chi connectivity index (χ2n) is 7.33. The fraction of sp³-hybridized carbons (Fsp3) is 0.556. The van der Waals surface area contributed by atoms with Gasteiger partial charge in [-0.25, -0.2) is 0 Å². The van der Waals surface area contributed by atoms with Gasteiger partial charge in [0, 0.05) is 37.3 Å². The van der Waals surface area contributed by atoms with Crippen LogP contribution in [0.1, 0.15) is 53.3 Å². The fourth-order valence-electron chi connectivity index (χ4n) is 3.68. The lowest BCUT2D eigenvalue weighted by Gasteiger charge is -2.27. The number of nitrogens with two attached hydrogens (primary N) is 1. The van der Waals surface area contributed by atoms with Crippen molar-refractivity contribution in [2.24, 2.45) is 12.8 Å². The zero-order chi connectivity index (χ0) is 17.4. The average molecular weight is 359 g/mol. The van der Waals surface area contributed by atoms with Gasteiger partial charge in [0.15, 0.2) is 0 Å². The van der Waals surface area contributed by atoms with Gasteiger partial charge in [-0.05, 0) is 49.1 Å². The lowest BCUT2D eigenvalue weighted by Crippen LogP contribution is -2.38. The molecule has 4 N–H and O–H groups in total. The molecule has 2 aromatic rings. The number of nitrogens with zero attached hydrogens (tertiary/aromatic N) is 2. The van der Waals surface area contributed by atoms with Crippen LogP contribution in [0, 0.1) is 0 Å². The molecule has 2 heterocycles. The lowest BCUT2D eigenvalue weighted by molar-refractivity contribution is 0.103. The van der Waals surface area contributed by atoms with E-state index in [0.29, 0.717) is 24.0 Å². The first kappa shape index (κ1) is 16.8. The molecule has 2 aromatic heterocycles. The molecule has 0 saturated heterocycles. The number of rotatable bonds is 5. The molecule has 1 amide bonds. The van der Waals surface area contributed by atoms with Crippen LogP contribution in [-0.2, 0) is 7.05 Å². The number of amides is 1. The highest BCUT2D eigenvalue weighted by Gasteiger charge is 2.40. The summed E-state index contributed by atoms with van der Waals surface area (Å²) >= 11 is 1.52. The maximum atomic E-state index is 12.3. The van der Waals surface area contributed by atoms with E-state index in [2.05, 4.69) is 21.1 Å². The first-order chi connectivity index (χ1) is 12.1. The van der Waals surface area contributed by atoms with E-state index >= 15 is 0 Å². The van der Waals surface area contributed by atoms with Gasteiger partial charge in [-0.3, -0.25) is 9.48 Å². The molecule has 0 radical (unpaired) electrons. The smallest absolute Gasteiger partial charge is 0.265 e. The van der Waals surface area contributed by atoms with E-state index in [1.165, 1.54) is 36.2 Å². The molecular weight excluding hydrogens is 334 g/mol. The summed E-state index contributed by atoms with van der Waals surface area (Å²) in [6.45, 7) is 0. The van der Waals surface area contributed by atoms with Crippen LogP contribution in [0.5, 0.6) is 0 Å². The van der Waals surface area contributed by atoms with E-state index in [9.17, 15) is 4.79 Å². The van der Waals surface area contributed by atoms with Crippen LogP contribution in [0.15, 0.2) is 23.8 Å². The molecule has 6 nitrogen and oxygen atoms in total. The SMILES string of the molecule is Cn1cc(NC(=O)c2cc(C3CC3NC3CCC(N)CC3)cs2)cn1.